The first kappa shape index (κ1) is 24.7. The molecule has 0 aromatic heterocycles. The van der Waals surface area contributed by atoms with E-state index in [9.17, 15) is 4.39 Å². The highest BCUT2D eigenvalue weighted by molar-refractivity contribution is 14.0. The Morgan fingerprint density at radius 1 is 1.38 bits per heavy atom. The van der Waals surface area contributed by atoms with E-state index < -0.39 is 0 Å². The second-order valence-corrected chi connectivity index (χ2v) is 8.80. The van der Waals surface area contributed by atoms with Gasteiger partial charge in [-0.15, -0.1) is 24.0 Å². The molecule has 29 heavy (non-hydrogen) atoms. The topological polar surface area (TPSA) is 48.9 Å². The Balaban J connectivity index is 0.00000300. The second kappa shape index (κ2) is 11.7. The SMILES string of the molecule is CCNC(=NCC1(N2CCOCC2)CCSC1)NC(C)c1ccc(C)c(F)c1.I. The zero-order chi connectivity index (χ0) is 20.0. The highest BCUT2D eigenvalue weighted by atomic mass is 127. The molecule has 8 heteroatoms. The first-order valence-electron chi connectivity index (χ1n) is 10.3. The van der Waals surface area contributed by atoms with Crippen LogP contribution in [0.3, 0.4) is 0 Å². The van der Waals surface area contributed by atoms with Gasteiger partial charge in [-0.3, -0.25) is 9.89 Å². The lowest BCUT2D eigenvalue weighted by Crippen LogP contribution is -2.56. The molecule has 0 saturated carbocycles. The van der Waals surface area contributed by atoms with Crippen LogP contribution in [0.2, 0.25) is 0 Å². The normalized spacial score (nSPS) is 24.1. The summed E-state index contributed by atoms with van der Waals surface area (Å²) in [6.07, 6.45) is 1.17. The third kappa shape index (κ3) is 6.45. The van der Waals surface area contributed by atoms with Gasteiger partial charge in [0.25, 0.3) is 0 Å². The maximum Gasteiger partial charge on any atom is 0.191 e. The number of benzene rings is 1. The van der Waals surface area contributed by atoms with Crippen molar-refractivity contribution >= 4 is 41.7 Å². The second-order valence-electron chi connectivity index (χ2n) is 7.70. The van der Waals surface area contributed by atoms with Crippen LogP contribution >= 0.6 is 35.7 Å². The Labute approximate surface area is 195 Å². The minimum Gasteiger partial charge on any atom is -0.379 e. The van der Waals surface area contributed by atoms with Crippen LogP contribution < -0.4 is 10.6 Å². The first-order chi connectivity index (χ1) is 13.5. The predicted molar refractivity (Wildman–Crippen MR) is 131 cm³/mol. The predicted octanol–water partition coefficient (Wildman–Crippen LogP) is 3.58. The van der Waals surface area contributed by atoms with Crippen molar-refractivity contribution < 1.29 is 9.13 Å². The zero-order valence-electron chi connectivity index (χ0n) is 17.7. The molecule has 2 fully saturated rings. The van der Waals surface area contributed by atoms with Gasteiger partial charge in [-0.1, -0.05) is 12.1 Å². The van der Waals surface area contributed by atoms with Gasteiger partial charge in [-0.25, -0.2) is 4.39 Å². The maximum atomic E-state index is 13.9. The van der Waals surface area contributed by atoms with Gasteiger partial charge in [-0.05, 0) is 50.1 Å². The molecule has 2 saturated heterocycles. The summed E-state index contributed by atoms with van der Waals surface area (Å²) in [6.45, 7) is 11.0. The molecule has 2 atom stereocenters. The van der Waals surface area contributed by atoms with E-state index in [0.717, 1.165) is 56.7 Å². The lowest BCUT2D eigenvalue weighted by molar-refractivity contribution is -0.0104. The number of halogens is 2. The fourth-order valence-electron chi connectivity index (χ4n) is 3.82. The average molecular weight is 536 g/mol. The van der Waals surface area contributed by atoms with E-state index in [1.807, 2.05) is 30.8 Å². The van der Waals surface area contributed by atoms with E-state index >= 15 is 0 Å². The van der Waals surface area contributed by atoms with Gasteiger partial charge in [0, 0.05) is 25.4 Å². The van der Waals surface area contributed by atoms with Crippen molar-refractivity contribution in [3.8, 4) is 0 Å². The van der Waals surface area contributed by atoms with Gasteiger partial charge in [0.2, 0.25) is 0 Å². The number of rotatable bonds is 6. The van der Waals surface area contributed by atoms with E-state index in [0.29, 0.717) is 5.56 Å². The summed E-state index contributed by atoms with van der Waals surface area (Å²) >= 11 is 2.02. The zero-order valence-corrected chi connectivity index (χ0v) is 20.8. The molecule has 2 unspecified atom stereocenters. The highest BCUT2D eigenvalue weighted by Gasteiger charge is 2.40. The van der Waals surface area contributed by atoms with Crippen molar-refractivity contribution in [1.29, 1.82) is 0 Å². The van der Waals surface area contributed by atoms with Gasteiger partial charge in [-0.2, -0.15) is 11.8 Å². The fourth-order valence-corrected chi connectivity index (χ4v) is 5.29. The quantitative estimate of drug-likeness (QED) is 0.331. The van der Waals surface area contributed by atoms with Crippen LogP contribution in [0.1, 0.15) is 37.4 Å². The van der Waals surface area contributed by atoms with Crippen LogP contribution in [-0.4, -0.2) is 67.3 Å². The summed E-state index contributed by atoms with van der Waals surface area (Å²) in [5.74, 6) is 2.94. The van der Waals surface area contributed by atoms with E-state index in [-0.39, 0.29) is 41.4 Å². The number of morpholine rings is 1. The van der Waals surface area contributed by atoms with E-state index in [1.54, 1.807) is 13.0 Å². The lowest BCUT2D eigenvalue weighted by Gasteiger charge is -2.42. The van der Waals surface area contributed by atoms with Crippen LogP contribution in [0.5, 0.6) is 0 Å². The number of nitrogens with one attached hydrogen (secondary N) is 2. The molecular weight excluding hydrogens is 502 g/mol. The molecule has 2 heterocycles. The monoisotopic (exact) mass is 536 g/mol. The Morgan fingerprint density at radius 3 is 2.76 bits per heavy atom. The average Bonchev–Trinajstić information content (AvgIpc) is 3.19. The van der Waals surface area contributed by atoms with E-state index in [1.165, 1.54) is 12.2 Å². The Bertz CT molecular complexity index is 679. The number of hydrogen-bond acceptors (Lipinski definition) is 4. The molecule has 3 rings (SSSR count). The van der Waals surface area contributed by atoms with Crippen molar-refractivity contribution in [1.82, 2.24) is 15.5 Å². The molecule has 2 aliphatic rings. The third-order valence-corrected chi connectivity index (χ3v) is 6.92. The van der Waals surface area contributed by atoms with E-state index in [4.69, 9.17) is 9.73 Å². The molecule has 0 radical (unpaired) electrons. The number of aryl methyl sites for hydroxylation is 1. The summed E-state index contributed by atoms with van der Waals surface area (Å²) in [5, 5.41) is 6.80. The number of aliphatic imine (C=N–C) groups is 1. The van der Waals surface area contributed by atoms with Crippen LogP contribution in [0.15, 0.2) is 23.2 Å². The van der Waals surface area contributed by atoms with Crippen LogP contribution in [0.4, 0.5) is 4.39 Å². The summed E-state index contributed by atoms with van der Waals surface area (Å²) < 4.78 is 19.5. The Morgan fingerprint density at radius 2 is 2.14 bits per heavy atom. The molecule has 0 spiro atoms. The summed E-state index contributed by atoms with van der Waals surface area (Å²) in [6, 6.07) is 5.39. The van der Waals surface area contributed by atoms with E-state index in [2.05, 4.69) is 22.5 Å². The highest BCUT2D eigenvalue weighted by Crippen LogP contribution is 2.34. The first-order valence-corrected chi connectivity index (χ1v) is 11.4. The molecule has 0 bridgehead atoms. The molecule has 1 aromatic rings. The molecule has 2 N–H and O–H groups in total. The van der Waals surface area contributed by atoms with Gasteiger partial charge in [0.05, 0.1) is 31.3 Å². The standard InChI is InChI=1S/C21H33FN4OS.HI/c1-4-23-20(25-17(3)18-6-5-16(2)19(22)13-18)24-14-21(7-12-28-15-21)26-8-10-27-11-9-26;/h5-6,13,17H,4,7-12,14-15H2,1-3H3,(H2,23,24,25);1H. The molecule has 2 aliphatic heterocycles. The van der Waals surface area contributed by atoms with Crippen molar-refractivity contribution in [2.24, 2.45) is 4.99 Å². The van der Waals surface area contributed by atoms with Crippen LogP contribution in [0.25, 0.3) is 0 Å². The minimum atomic E-state index is -0.164. The molecule has 164 valence electrons. The molecule has 0 amide bonds. The van der Waals surface area contributed by atoms with Gasteiger partial charge in [0.15, 0.2) is 5.96 Å². The fraction of sp³-hybridized carbons (Fsp3) is 0.667. The molecule has 0 aliphatic carbocycles. The maximum absolute atomic E-state index is 13.9. The minimum absolute atomic E-state index is 0. The van der Waals surface area contributed by atoms with Crippen molar-refractivity contribution in [3.05, 3.63) is 35.1 Å². The summed E-state index contributed by atoms with van der Waals surface area (Å²) in [4.78, 5) is 7.52. The third-order valence-electron chi connectivity index (χ3n) is 5.69. The van der Waals surface area contributed by atoms with Crippen LogP contribution in [-0.2, 0) is 4.74 Å². The van der Waals surface area contributed by atoms with Gasteiger partial charge in [0.1, 0.15) is 5.82 Å². The Kier molecular flexibility index (Phi) is 9.97. The molecular formula is C21H34FIN4OS. The van der Waals surface area contributed by atoms with Gasteiger partial charge < -0.3 is 15.4 Å². The largest absolute Gasteiger partial charge is 0.379 e. The molecule has 5 nitrogen and oxygen atoms in total. The smallest absolute Gasteiger partial charge is 0.191 e. The number of ether oxygens (including phenoxy) is 1. The van der Waals surface area contributed by atoms with Crippen molar-refractivity contribution in [2.45, 2.75) is 38.8 Å². The van der Waals surface area contributed by atoms with Gasteiger partial charge >= 0.3 is 0 Å². The number of nitrogens with zero attached hydrogens (tertiary/aromatic N) is 2. The van der Waals surface area contributed by atoms with Crippen LogP contribution in [0, 0.1) is 12.7 Å². The molecule has 1 aromatic carbocycles. The summed E-state index contributed by atoms with van der Waals surface area (Å²) in [5.41, 5.74) is 1.71. The number of guanidine groups is 1. The lowest BCUT2D eigenvalue weighted by atomic mass is 9.96. The number of thioether (sulfide) groups is 1. The summed E-state index contributed by atoms with van der Waals surface area (Å²) in [7, 11) is 0. The van der Waals surface area contributed by atoms with Crippen molar-refractivity contribution in [3.63, 3.8) is 0 Å². The number of hydrogen-bond donors (Lipinski definition) is 2. The Hall–Kier alpha value is -0.580. The van der Waals surface area contributed by atoms with Crippen molar-refractivity contribution in [2.75, 3.05) is 50.9 Å².